The van der Waals surface area contributed by atoms with Crippen molar-refractivity contribution in [2.24, 2.45) is 0 Å². The maximum atomic E-state index is 11.0. The summed E-state index contributed by atoms with van der Waals surface area (Å²) < 4.78 is 5.42. The fraction of sp³-hybridized carbons (Fsp3) is 0.385. The molecule has 0 saturated carbocycles. The van der Waals surface area contributed by atoms with E-state index in [2.05, 4.69) is 11.9 Å². The maximum absolute atomic E-state index is 11.0. The van der Waals surface area contributed by atoms with Crippen molar-refractivity contribution in [2.75, 3.05) is 13.7 Å². The van der Waals surface area contributed by atoms with E-state index in [9.17, 15) is 10.1 Å². The van der Waals surface area contributed by atoms with Crippen LogP contribution < -0.4 is 10.1 Å². The second-order valence-electron chi connectivity index (χ2n) is 4.15. The highest BCUT2D eigenvalue weighted by atomic mass is 16.6. The van der Waals surface area contributed by atoms with Crippen molar-refractivity contribution < 1.29 is 9.66 Å². The van der Waals surface area contributed by atoms with Crippen LogP contribution in [0.4, 0.5) is 5.69 Å². The molecule has 0 spiro atoms. The average molecular weight is 250 g/mol. The van der Waals surface area contributed by atoms with Crippen LogP contribution in [0.15, 0.2) is 30.4 Å². The van der Waals surface area contributed by atoms with Gasteiger partial charge in [-0.25, -0.2) is 0 Å². The minimum absolute atomic E-state index is 0.00413. The first kappa shape index (κ1) is 14.2. The Balaban J connectivity index is 2.83. The van der Waals surface area contributed by atoms with Crippen molar-refractivity contribution in [1.29, 1.82) is 0 Å². The number of nitrogens with zero attached hydrogens (tertiary/aromatic N) is 1. The highest BCUT2D eigenvalue weighted by Crippen LogP contribution is 2.28. The van der Waals surface area contributed by atoms with E-state index < -0.39 is 4.92 Å². The maximum Gasteiger partial charge on any atom is 0.311 e. The standard InChI is InChI=1S/C13H18N2O3/c1-10(2)6-7-18-13-5-4-11(9-14-3)8-12(13)15(16)17/h4-5,8,14H,1,6-7,9H2,2-3H3. The van der Waals surface area contributed by atoms with Gasteiger partial charge in [-0.15, -0.1) is 6.58 Å². The molecule has 0 radical (unpaired) electrons. The fourth-order valence-electron chi connectivity index (χ4n) is 1.48. The normalized spacial score (nSPS) is 10.1. The molecule has 0 unspecified atom stereocenters. The largest absolute Gasteiger partial charge is 0.486 e. The van der Waals surface area contributed by atoms with Crippen LogP contribution in [-0.4, -0.2) is 18.6 Å². The molecule has 1 rings (SSSR count). The van der Waals surface area contributed by atoms with Gasteiger partial charge in [0.25, 0.3) is 0 Å². The van der Waals surface area contributed by atoms with Crippen LogP contribution in [-0.2, 0) is 6.54 Å². The molecule has 0 atom stereocenters. The topological polar surface area (TPSA) is 64.4 Å². The SMILES string of the molecule is C=C(C)CCOc1ccc(CNC)cc1[N+](=O)[O-]. The molecule has 0 aliphatic heterocycles. The van der Waals surface area contributed by atoms with Crippen LogP contribution >= 0.6 is 0 Å². The zero-order chi connectivity index (χ0) is 13.5. The van der Waals surface area contributed by atoms with Crippen LogP contribution in [0.2, 0.25) is 0 Å². The van der Waals surface area contributed by atoms with Gasteiger partial charge in [-0.05, 0) is 25.6 Å². The number of nitrogens with one attached hydrogen (secondary N) is 1. The Kier molecular flexibility index (Phi) is 5.32. The summed E-state index contributed by atoms with van der Waals surface area (Å²) in [4.78, 5) is 10.5. The molecular formula is C13H18N2O3. The highest BCUT2D eigenvalue weighted by molar-refractivity contribution is 5.48. The number of benzene rings is 1. The first-order valence-corrected chi connectivity index (χ1v) is 5.73. The Bertz CT molecular complexity index is 444. The molecule has 1 aromatic rings. The predicted octanol–water partition coefficient (Wildman–Crippen LogP) is 2.66. The average Bonchev–Trinajstić information content (AvgIpc) is 2.30. The zero-order valence-electron chi connectivity index (χ0n) is 10.7. The summed E-state index contributed by atoms with van der Waals surface area (Å²) >= 11 is 0. The third-order valence-corrected chi connectivity index (χ3v) is 2.39. The van der Waals surface area contributed by atoms with E-state index in [-0.39, 0.29) is 5.69 Å². The first-order chi connectivity index (χ1) is 8.54. The van der Waals surface area contributed by atoms with Crippen molar-refractivity contribution >= 4 is 5.69 Å². The lowest BCUT2D eigenvalue weighted by Crippen LogP contribution is -2.06. The number of rotatable bonds is 7. The summed E-state index contributed by atoms with van der Waals surface area (Å²) in [6.45, 7) is 6.65. The minimum atomic E-state index is -0.421. The predicted molar refractivity (Wildman–Crippen MR) is 70.8 cm³/mol. The smallest absolute Gasteiger partial charge is 0.311 e. The minimum Gasteiger partial charge on any atom is -0.486 e. The summed E-state index contributed by atoms with van der Waals surface area (Å²) in [7, 11) is 1.79. The van der Waals surface area contributed by atoms with E-state index >= 15 is 0 Å². The van der Waals surface area contributed by atoms with Crippen LogP contribution in [0, 0.1) is 10.1 Å². The molecule has 0 bridgehead atoms. The van der Waals surface area contributed by atoms with Crippen LogP contribution in [0.5, 0.6) is 5.75 Å². The zero-order valence-corrected chi connectivity index (χ0v) is 10.7. The summed E-state index contributed by atoms with van der Waals surface area (Å²) in [5, 5.41) is 13.9. The van der Waals surface area contributed by atoms with Gasteiger partial charge < -0.3 is 10.1 Å². The van der Waals surface area contributed by atoms with Gasteiger partial charge >= 0.3 is 5.69 Å². The number of hydrogen-bond donors (Lipinski definition) is 1. The van der Waals surface area contributed by atoms with E-state index in [1.807, 2.05) is 13.0 Å². The summed E-state index contributed by atoms with van der Waals surface area (Å²) in [5.41, 5.74) is 1.85. The van der Waals surface area contributed by atoms with Gasteiger partial charge in [-0.2, -0.15) is 0 Å². The molecule has 0 saturated heterocycles. The van der Waals surface area contributed by atoms with Crippen molar-refractivity contribution in [3.63, 3.8) is 0 Å². The van der Waals surface area contributed by atoms with Gasteiger partial charge in [-0.1, -0.05) is 11.6 Å². The molecular weight excluding hydrogens is 232 g/mol. The van der Waals surface area contributed by atoms with Gasteiger partial charge in [0.2, 0.25) is 0 Å². The Morgan fingerprint density at radius 2 is 2.28 bits per heavy atom. The van der Waals surface area contributed by atoms with Crippen molar-refractivity contribution in [3.05, 3.63) is 46.0 Å². The van der Waals surface area contributed by atoms with Crippen molar-refractivity contribution in [2.45, 2.75) is 19.9 Å². The van der Waals surface area contributed by atoms with Gasteiger partial charge in [0, 0.05) is 19.0 Å². The van der Waals surface area contributed by atoms with Crippen molar-refractivity contribution in [3.8, 4) is 5.75 Å². The molecule has 0 fully saturated rings. The molecule has 0 aliphatic carbocycles. The molecule has 98 valence electrons. The summed E-state index contributed by atoms with van der Waals surface area (Å²) in [5.74, 6) is 0.307. The molecule has 5 heteroatoms. The molecule has 5 nitrogen and oxygen atoms in total. The summed E-state index contributed by atoms with van der Waals surface area (Å²) in [6, 6.07) is 5.00. The van der Waals surface area contributed by atoms with Crippen LogP contribution in [0.1, 0.15) is 18.9 Å². The number of ether oxygens (including phenoxy) is 1. The molecule has 0 amide bonds. The van der Waals surface area contributed by atoms with Crippen LogP contribution in [0.25, 0.3) is 0 Å². The van der Waals surface area contributed by atoms with E-state index in [0.717, 1.165) is 11.1 Å². The second kappa shape index (κ2) is 6.76. The quantitative estimate of drug-likeness (QED) is 0.459. The molecule has 0 heterocycles. The van der Waals surface area contributed by atoms with Gasteiger partial charge in [0.15, 0.2) is 5.75 Å². The number of nitro benzene ring substituents is 1. The van der Waals surface area contributed by atoms with Crippen LogP contribution in [0.3, 0.4) is 0 Å². The van der Waals surface area contributed by atoms with Gasteiger partial charge in [-0.3, -0.25) is 10.1 Å². The second-order valence-corrected chi connectivity index (χ2v) is 4.15. The number of nitro groups is 1. The summed E-state index contributed by atoms with van der Waals surface area (Å²) in [6.07, 6.45) is 0.690. The van der Waals surface area contributed by atoms with Gasteiger partial charge in [0.1, 0.15) is 0 Å². The lowest BCUT2D eigenvalue weighted by Gasteiger charge is -2.08. The molecule has 1 N–H and O–H groups in total. The van der Waals surface area contributed by atoms with E-state index in [4.69, 9.17) is 4.74 Å². The van der Waals surface area contributed by atoms with E-state index in [1.54, 1.807) is 13.1 Å². The molecule has 0 aromatic heterocycles. The third-order valence-electron chi connectivity index (χ3n) is 2.39. The van der Waals surface area contributed by atoms with E-state index in [0.29, 0.717) is 25.3 Å². The Hall–Kier alpha value is -1.88. The number of hydrogen-bond acceptors (Lipinski definition) is 4. The van der Waals surface area contributed by atoms with E-state index in [1.165, 1.54) is 6.07 Å². The molecule has 18 heavy (non-hydrogen) atoms. The Morgan fingerprint density at radius 3 is 2.83 bits per heavy atom. The Morgan fingerprint density at radius 1 is 1.56 bits per heavy atom. The van der Waals surface area contributed by atoms with Gasteiger partial charge in [0.05, 0.1) is 11.5 Å². The monoisotopic (exact) mass is 250 g/mol. The molecule has 1 aromatic carbocycles. The lowest BCUT2D eigenvalue weighted by molar-refractivity contribution is -0.385. The third kappa shape index (κ3) is 4.18. The first-order valence-electron chi connectivity index (χ1n) is 5.73. The Labute approximate surface area is 107 Å². The molecule has 0 aliphatic rings. The lowest BCUT2D eigenvalue weighted by atomic mass is 10.2. The van der Waals surface area contributed by atoms with Crippen molar-refractivity contribution in [1.82, 2.24) is 5.32 Å². The highest BCUT2D eigenvalue weighted by Gasteiger charge is 2.15. The fourth-order valence-corrected chi connectivity index (χ4v) is 1.48.